The number of hydrogen-bond donors (Lipinski definition) is 0. The summed E-state index contributed by atoms with van der Waals surface area (Å²) in [5.41, 5.74) is 28.3. The van der Waals surface area contributed by atoms with E-state index in [-0.39, 0.29) is 0 Å². The van der Waals surface area contributed by atoms with Crippen molar-refractivity contribution in [2.45, 2.75) is 0 Å². The summed E-state index contributed by atoms with van der Waals surface area (Å²) in [6.07, 6.45) is 0. The van der Waals surface area contributed by atoms with Crippen molar-refractivity contribution in [3.8, 4) is 124 Å². The summed E-state index contributed by atoms with van der Waals surface area (Å²) in [5, 5.41) is 17.8. The van der Waals surface area contributed by atoms with Crippen LogP contribution in [0.15, 0.2) is 446 Å². The molecule has 0 saturated heterocycles. The third kappa shape index (κ3) is 11.8. The third-order valence-corrected chi connectivity index (χ3v) is 27.3. The second-order valence-electron chi connectivity index (χ2n) is 34.7. The molecule has 12 heteroatoms. The van der Waals surface area contributed by atoms with Crippen LogP contribution in [-0.4, -0.2) is 48.2 Å². The van der Waals surface area contributed by atoms with Crippen molar-refractivity contribution < 1.29 is 8.83 Å². The molecule has 28 aromatic rings. The molecule has 0 bridgehead atoms. The van der Waals surface area contributed by atoms with Gasteiger partial charge in [-0.1, -0.05) is 303 Å². The van der Waals surface area contributed by atoms with Gasteiger partial charge >= 0.3 is 0 Å². The van der Waals surface area contributed by atoms with E-state index in [2.05, 4.69) is 382 Å². The molecule has 0 spiro atoms. The van der Waals surface area contributed by atoms with Crippen molar-refractivity contribution in [2.24, 2.45) is 0 Å². The van der Waals surface area contributed by atoms with Crippen LogP contribution in [0.2, 0.25) is 0 Å². The number of furan rings is 2. The predicted octanol–water partition coefficient (Wildman–Crippen LogP) is 31.6. The van der Waals surface area contributed by atoms with Gasteiger partial charge in [-0.2, -0.15) is 19.9 Å². The number of nitrogens with zero attached hydrogens (tertiary/aromatic N) is 10. The van der Waals surface area contributed by atoms with Crippen molar-refractivity contribution in [2.75, 3.05) is 0 Å². The first kappa shape index (κ1) is 74.8. The van der Waals surface area contributed by atoms with E-state index in [0.717, 1.165) is 215 Å². The Morgan fingerprint density at radius 3 is 1.09 bits per heavy atom. The summed E-state index contributed by atoms with van der Waals surface area (Å²) in [6.45, 7) is 0. The fourth-order valence-electron chi connectivity index (χ4n) is 21.2. The lowest BCUT2D eigenvalue weighted by Gasteiger charge is -2.13. The molecule has 28 rings (SSSR count). The molecular weight excluding hydrogens is 1640 g/mol. The topological polar surface area (TPSA) is 123 Å². The van der Waals surface area contributed by atoms with Crippen LogP contribution in [-0.2, 0) is 0 Å². The van der Waals surface area contributed by atoms with E-state index < -0.39 is 0 Å². The first-order chi connectivity index (χ1) is 66.4. The Balaban J connectivity index is 0.586. The molecule has 20 aromatic carbocycles. The highest BCUT2D eigenvalue weighted by Gasteiger charge is 2.28. The van der Waals surface area contributed by atoms with Gasteiger partial charge in [0, 0.05) is 104 Å². The Hall–Kier alpha value is -18.3. The lowest BCUT2D eigenvalue weighted by atomic mass is 9.92. The molecule has 8 aromatic heterocycles. The summed E-state index contributed by atoms with van der Waals surface area (Å²) >= 11 is 0. The minimum atomic E-state index is 0.515. The molecule has 0 saturated carbocycles. The van der Waals surface area contributed by atoms with Crippen LogP contribution in [0.3, 0.4) is 0 Å². The second-order valence-corrected chi connectivity index (χ2v) is 34.7. The van der Waals surface area contributed by atoms with Crippen molar-refractivity contribution in [1.29, 1.82) is 0 Å². The summed E-state index contributed by atoms with van der Waals surface area (Å²) in [7, 11) is 0. The molecule has 0 N–H and O–H groups in total. The quantitative estimate of drug-likeness (QED) is 0.112. The maximum atomic E-state index is 6.91. The van der Waals surface area contributed by atoms with Crippen LogP contribution in [0.5, 0.6) is 0 Å². The highest BCUT2D eigenvalue weighted by Crippen LogP contribution is 2.50. The molecule has 622 valence electrons. The summed E-state index contributed by atoms with van der Waals surface area (Å²) in [6, 6.07) is 156. The Bertz CT molecular complexity index is 9640. The lowest BCUT2D eigenvalue weighted by Crippen LogP contribution is -2.06. The first-order valence-corrected chi connectivity index (χ1v) is 45.3. The van der Waals surface area contributed by atoms with Gasteiger partial charge in [0.25, 0.3) is 0 Å². The second kappa shape index (κ2) is 29.7. The largest absolute Gasteiger partial charge is 0.456 e. The van der Waals surface area contributed by atoms with Gasteiger partial charge in [-0.25, -0.2) is 9.97 Å². The smallest absolute Gasteiger partial charge is 0.238 e. The van der Waals surface area contributed by atoms with Crippen molar-refractivity contribution in [3.05, 3.63) is 437 Å². The number of benzene rings is 20. The fraction of sp³-hybridized carbons (Fsp3) is 0. The molecule has 0 fully saturated rings. The standard InChI is InChI=1S/C122H72N10O2/c1-7-28-74(29-8-1)117-123-118(75-30-9-2-10-31-75)126-121(125-117)131-104-58-51-78(81-55-64-110-101(69-81)115-92(45-26-48-112(115)134-110)94-72-98-90-42-23-24-46-102(90)130(86-38-17-6-18-39-86)116(98)93-43-22-21-41-89(93)94)65-96(104)97-66-79(52-59-105(97)131)83-49-57-91-95-70-84(54-61-103(95)129(108(91)71-83)85-36-15-5-16-37-85)88-44-25-47-111-114(88)100-68-82(56-63-109(100)133-111)80-53-60-106-99(67-80)113-87-40-20-19-27-73(87)50-62-107(113)132(106)122-127-119(76-32-11-3-12-33-76)124-120(128-122)77-34-13-4-14-35-77/h1-72H. The average molecular weight is 1710 g/mol. The molecule has 8 heterocycles. The van der Waals surface area contributed by atoms with Gasteiger partial charge in [0.15, 0.2) is 23.3 Å². The highest BCUT2D eigenvalue weighted by atomic mass is 16.3. The van der Waals surface area contributed by atoms with Gasteiger partial charge in [0.1, 0.15) is 22.3 Å². The lowest BCUT2D eigenvalue weighted by molar-refractivity contribution is 0.668. The summed E-state index contributed by atoms with van der Waals surface area (Å²) < 4.78 is 23.1. The SMILES string of the molecule is c1ccc(-c2nc(-c3ccccc3)nc(-n3c4ccc(-c5ccc6oc7cccc(-c8cc9c%10ccccc%10n(-c%10ccccc%10)c9c9ccccc89)c7c6c5)cc4c4cc(-c5ccc6c7cc(-c8cccc9oc%10ccc(-c%11ccc%12c(c%11)c%11c%13ccccc%13ccc%11n%12-c%11nc(-c%12ccccc%12)nc(-c%12ccccc%12)n%11)cc%10c89)ccc7n(-c7ccccc7)c6c5)ccc43)n2)cc1. The first-order valence-electron chi connectivity index (χ1n) is 45.3. The number of fused-ring (bicyclic) bond motifs is 22. The van der Waals surface area contributed by atoms with Gasteiger partial charge in [-0.05, 0) is 205 Å². The van der Waals surface area contributed by atoms with Gasteiger partial charge in [0.2, 0.25) is 11.9 Å². The van der Waals surface area contributed by atoms with Gasteiger partial charge < -0.3 is 18.0 Å². The van der Waals surface area contributed by atoms with E-state index in [1.807, 2.05) is 72.8 Å². The Labute approximate surface area is 765 Å². The molecule has 0 aliphatic rings. The van der Waals surface area contributed by atoms with Crippen molar-refractivity contribution in [1.82, 2.24) is 48.2 Å². The molecule has 0 aliphatic carbocycles. The van der Waals surface area contributed by atoms with Crippen molar-refractivity contribution in [3.63, 3.8) is 0 Å². The van der Waals surface area contributed by atoms with E-state index in [0.29, 0.717) is 35.2 Å². The number of hydrogen-bond acceptors (Lipinski definition) is 8. The normalized spacial score (nSPS) is 12.0. The van der Waals surface area contributed by atoms with Gasteiger partial charge in [-0.15, -0.1) is 0 Å². The van der Waals surface area contributed by atoms with E-state index in [1.165, 1.54) is 27.1 Å². The zero-order valence-corrected chi connectivity index (χ0v) is 71.9. The molecule has 0 atom stereocenters. The van der Waals surface area contributed by atoms with Crippen LogP contribution >= 0.6 is 0 Å². The number of aromatic nitrogens is 10. The Kier molecular flexibility index (Phi) is 16.5. The van der Waals surface area contributed by atoms with Gasteiger partial charge in [-0.3, -0.25) is 9.13 Å². The summed E-state index contributed by atoms with van der Waals surface area (Å²) in [5.74, 6) is 3.42. The molecule has 12 nitrogen and oxygen atoms in total. The van der Waals surface area contributed by atoms with E-state index in [1.54, 1.807) is 0 Å². The minimum absolute atomic E-state index is 0.515. The number of para-hydroxylation sites is 3. The zero-order valence-electron chi connectivity index (χ0n) is 71.9. The number of rotatable bonds is 13. The monoisotopic (exact) mass is 1710 g/mol. The highest BCUT2D eigenvalue weighted by molar-refractivity contribution is 6.27. The fourth-order valence-corrected chi connectivity index (χ4v) is 21.2. The summed E-state index contributed by atoms with van der Waals surface area (Å²) in [4.78, 5) is 31.7. The Morgan fingerprint density at radius 1 is 0.164 bits per heavy atom. The molecule has 134 heavy (non-hydrogen) atoms. The maximum absolute atomic E-state index is 6.91. The van der Waals surface area contributed by atoms with E-state index in [9.17, 15) is 0 Å². The van der Waals surface area contributed by atoms with Crippen molar-refractivity contribution >= 4 is 153 Å². The predicted molar refractivity (Wildman–Crippen MR) is 549 cm³/mol. The third-order valence-electron chi connectivity index (χ3n) is 27.3. The molecular formula is C122H72N10O2. The maximum Gasteiger partial charge on any atom is 0.238 e. The van der Waals surface area contributed by atoms with Gasteiger partial charge in [0.05, 0.1) is 44.1 Å². The van der Waals surface area contributed by atoms with Crippen LogP contribution in [0.4, 0.5) is 0 Å². The Morgan fingerprint density at radius 2 is 0.537 bits per heavy atom. The minimum Gasteiger partial charge on any atom is -0.456 e. The molecule has 0 unspecified atom stereocenters. The van der Waals surface area contributed by atoms with Crippen LogP contribution in [0, 0.1) is 0 Å². The zero-order chi connectivity index (χ0) is 87.7. The van der Waals surface area contributed by atoms with Crippen LogP contribution in [0.1, 0.15) is 0 Å². The van der Waals surface area contributed by atoms with Crippen LogP contribution in [0.25, 0.3) is 277 Å². The average Bonchev–Trinajstić information content (AvgIpc) is 1.82. The molecule has 0 aliphatic heterocycles. The molecule has 0 radical (unpaired) electrons. The van der Waals surface area contributed by atoms with E-state index >= 15 is 0 Å². The van der Waals surface area contributed by atoms with E-state index in [4.69, 9.17) is 38.7 Å². The molecule has 0 amide bonds. The van der Waals surface area contributed by atoms with Crippen LogP contribution < -0.4 is 0 Å².